The minimum Gasteiger partial charge on any atom is -0.311 e. The lowest BCUT2D eigenvalue weighted by Gasteiger charge is -2.46. The lowest BCUT2D eigenvalue weighted by atomic mass is 9.92. The molecule has 0 aromatic heterocycles. The van der Waals surface area contributed by atoms with Crippen molar-refractivity contribution in [3.05, 3.63) is 0 Å². The van der Waals surface area contributed by atoms with E-state index in [4.69, 9.17) is 0 Å². The van der Waals surface area contributed by atoms with Crippen LogP contribution in [0, 0.1) is 11.8 Å². The molecule has 0 aromatic rings. The highest BCUT2D eigenvalue weighted by Gasteiger charge is 2.35. The Balaban J connectivity index is 2.03. The maximum absolute atomic E-state index is 3.76. The van der Waals surface area contributed by atoms with Gasteiger partial charge in [0.15, 0.2) is 0 Å². The summed E-state index contributed by atoms with van der Waals surface area (Å²) in [4.78, 5) is 2.85. The van der Waals surface area contributed by atoms with Crippen molar-refractivity contribution in [2.24, 2.45) is 11.8 Å². The van der Waals surface area contributed by atoms with E-state index >= 15 is 0 Å². The molecule has 1 aliphatic carbocycles. The van der Waals surface area contributed by atoms with Crippen LogP contribution in [-0.4, -0.2) is 36.1 Å². The topological polar surface area (TPSA) is 15.3 Å². The minimum atomic E-state index is 0.700. The fourth-order valence-electron chi connectivity index (χ4n) is 3.54. The van der Waals surface area contributed by atoms with E-state index in [2.05, 4.69) is 37.9 Å². The van der Waals surface area contributed by atoms with Crippen molar-refractivity contribution in [3.63, 3.8) is 0 Å². The number of nitrogens with one attached hydrogen (secondary N) is 1. The summed E-state index contributed by atoms with van der Waals surface area (Å²) in [5.74, 6) is 1.53. The van der Waals surface area contributed by atoms with Gasteiger partial charge in [-0.05, 0) is 24.7 Å². The summed E-state index contributed by atoms with van der Waals surface area (Å²) in [6, 6.07) is 2.34. The van der Waals surface area contributed by atoms with Gasteiger partial charge in [-0.15, -0.1) is 0 Å². The number of hydrogen-bond donors (Lipinski definition) is 1. The Kier molecular flexibility index (Phi) is 4.48. The Morgan fingerprint density at radius 1 is 1.00 bits per heavy atom. The Morgan fingerprint density at radius 2 is 1.65 bits per heavy atom. The van der Waals surface area contributed by atoms with Crippen molar-refractivity contribution in [3.8, 4) is 0 Å². The van der Waals surface area contributed by atoms with Crippen molar-refractivity contribution in [1.82, 2.24) is 10.2 Å². The maximum Gasteiger partial charge on any atom is 0.0247 e. The smallest absolute Gasteiger partial charge is 0.0247 e. The molecule has 0 aromatic carbocycles. The number of hydrogen-bond acceptors (Lipinski definition) is 2. The molecular formula is C15H30N2. The summed E-state index contributed by atoms with van der Waals surface area (Å²) in [6.07, 6.45) is 5.78. The third kappa shape index (κ3) is 3.03. The van der Waals surface area contributed by atoms with E-state index in [1.165, 1.54) is 38.8 Å². The normalized spacial score (nSPS) is 32.8. The van der Waals surface area contributed by atoms with Crippen LogP contribution in [0.5, 0.6) is 0 Å². The maximum atomic E-state index is 3.76. The molecule has 100 valence electrons. The van der Waals surface area contributed by atoms with Gasteiger partial charge in [0.2, 0.25) is 0 Å². The number of rotatable bonds is 3. The highest BCUT2D eigenvalue weighted by atomic mass is 15.3. The van der Waals surface area contributed by atoms with Crippen LogP contribution in [0.25, 0.3) is 0 Å². The van der Waals surface area contributed by atoms with E-state index in [1.807, 2.05) is 0 Å². The number of nitrogens with zero attached hydrogens (tertiary/aromatic N) is 1. The average molecular weight is 238 g/mol. The van der Waals surface area contributed by atoms with E-state index in [0.29, 0.717) is 6.04 Å². The van der Waals surface area contributed by atoms with Crippen LogP contribution in [0.4, 0.5) is 0 Å². The summed E-state index contributed by atoms with van der Waals surface area (Å²) < 4.78 is 0. The Morgan fingerprint density at radius 3 is 2.18 bits per heavy atom. The monoisotopic (exact) mass is 238 g/mol. The molecule has 1 saturated heterocycles. The van der Waals surface area contributed by atoms with Gasteiger partial charge < -0.3 is 5.32 Å². The summed E-state index contributed by atoms with van der Waals surface area (Å²) in [7, 11) is 0. The Hall–Kier alpha value is -0.0800. The van der Waals surface area contributed by atoms with Crippen LogP contribution < -0.4 is 5.32 Å². The first kappa shape index (κ1) is 13.4. The predicted octanol–water partition coefficient (Wildman–Crippen LogP) is 2.88. The second kappa shape index (κ2) is 5.71. The van der Waals surface area contributed by atoms with E-state index in [9.17, 15) is 0 Å². The fourth-order valence-corrected chi connectivity index (χ4v) is 3.54. The third-order valence-corrected chi connectivity index (χ3v) is 4.79. The van der Waals surface area contributed by atoms with Gasteiger partial charge in [0, 0.05) is 31.2 Å². The Labute approximate surface area is 107 Å². The van der Waals surface area contributed by atoms with Crippen molar-refractivity contribution >= 4 is 0 Å². The van der Waals surface area contributed by atoms with Crippen LogP contribution in [0.2, 0.25) is 0 Å². The molecule has 0 radical (unpaired) electrons. The van der Waals surface area contributed by atoms with Gasteiger partial charge in [0.25, 0.3) is 0 Å². The second-order valence-electron chi connectivity index (χ2n) is 6.71. The van der Waals surface area contributed by atoms with Crippen molar-refractivity contribution in [1.29, 1.82) is 0 Å². The molecule has 1 heterocycles. The van der Waals surface area contributed by atoms with E-state index in [0.717, 1.165) is 23.9 Å². The van der Waals surface area contributed by atoms with Gasteiger partial charge in [0.05, 0.1) is 0 Å². The number of piperazine rings is 1. The molecule has 2 heteroatoms. The molecule has 2 fully saturated rings. The molecule has 2 nitrogen and oxygen atoms in total. The van der Waals surface area contributed by atoms with Crippen molar-refractivity contribution in [2.45, 2.75) is 71.5 Å². The molecule has 2 atom stereocenters. The predicted molar refractivity (Wildman–Crippen MR) is 74.2 cm³/mol. The van der Waals surface area contributed by atoms with Crippen molar-refractivity contribution < 1.29 is 0 Å². The third-order valence-electron chi connectivity index (χ3n) is 4.79. The molecule has 2 aliphatic rings. The molecule has 1 N–H and O–H groups in total. The molecule has 2 unspecified atom stereocenters. The van der Waals surface area contributed by atoms with Crippen LogP contribution in [0.15, 0.2) is 0 Å². The van der Waals surface area contributed by atoms with Gasteiger partial charge in [-0.2, -0.15) is 0 Å². The first-order chi connectivity index (χ1) is 8.09. The van der Waals surface area contributed by atoms with E-state index in [-0.39, 0.29) is 0 Å². The SMILES string of the molecule is CC(C)C1CN(C2CCCC2)C(C(C)C)CN1. The molecule has 1 saturated carbocycles. The van der Waals surface area contributed by atoms with Gasteiger partial charge in [-0.1, -0.05) is 40.5 Å². The zero-order valence-electron chi connectivity index (χ0n) is 12.1. The van der Waals surface area contributed by atoms with Crippen LogP contribution in [-0.2, 0) is 0 Å². The van der Waals surface area contributed by atoms with Gasteiger partial charge in [0.1, 0.15) is 0 Å². The first-order valence-corrected chi connectivity index (χ1v) is 7.58. The molecule has 0 spiro atoms. The quantitative estimate of drug-likeness (QED) is 0.813. The second-order valence-corrected chi connectivity index (χ2v) is 6.71. The minimum absolute atomic E-state index is 0.700. The zero-order valence-corrected chi connectivity index (χ0v) is 12.1. The van der Waals surface area contributed by atoms with Gasteiger partial charge in [-0.25, -0.2) is 0 Å². The highest BCUT2D eigenvalue weighted by molar-refractivity contribution is 4.93. The molecule has 1 aliphatic heterocycles. The fraction of sp³-hybridized carbons (Fsp3) is 1.00. The lowest BCUT2D eigenvalue weighted by Crippen LogP contribution is -2.61. The molecule has 0 amide bonds. The average Bonchev–Trinajstić information content (AvgIpc) is 2.81. The molecule has 0 bridgehead atoms. The van der Waals surface area contributed by atoms with Crippen LogP contribution in [0.3, 0.4) is 0 Å². The first-order valence-electron chi connectivity index (χ1n) is 7.58. The summed E-state index contributed by atoms with van der Waals surface area (Å²) >= 11 is 0. The van der Waals surface area contributed by atoms with E-state index < -0.39 is 0 Å². The summed E-state index contributed by atoms with van der Waals surface area (Å²) in [6.45, 7) is 11.9. The molecular weight excluding hydrogens is 208 g/mol. The van der Waals surface area contributed by atoms with Crippen LogP contribution >= 0.6 is 0 Å². The van der Waals surface area contributed by atoms with Gasteiger partial charge in [-0.3, -0.25) is 4.90 Å². The van der Waals surface area contributed by atoms with Crippen molar-refractivity contribution in [2.75, 3.05) is 13.1 Å². The largest absolute Gasteiger partial charge is 0.311 e. The molecule has 17 heavy (non-hydrogen) atoms. The highest BCUT2D eigenvalue weighted by Crippen LogP contribution is 2.29. The van der Waals surface area contributed by atoms with Crippen LogP contribution in [0.1, 0.15) is 53.4 Å². The zero-order chi connectivity index (χ0) is 12.4. The summed E-state index contributed by atoms with van der Waals surface area (Å²) in [5, 5.41) is 3.76. The molecule has 2 rings (SSSR count). The van der Waals surface area contributed by atoms with E-state index in [1.54, 1.807) is 0 Å². The Bertz CT molecular complexity index is 231. The summed E-state index contributed by atoms with van der Waals surface area (Å²) in [5.41, 5.74) is 0. The standard InChI is InChI=1S/C15H30N2/c1-11(2)14-10-17(13-7-5-6-8-13)15(9-16-14)12(3)4/h11-16H,5-10H2,1-4H3. The lowest BCUT2D eigenvalue weighted by molar-refractivity contribution is 0.0476. The van der Waals surface area contributed by atoms with Gasteiger partial charge >= 0.3 is 0 Å².